The zero-order valence-electron chi connectivity index (χ0n) is 22.3. The second-order valence-corrected chi connectivity index (χ2v) is 13.3. The summed E-state index contributed by atoms with van der Waals surface area (Å²) in [7, 11) is 0. The summed E-state index contributed by atoms with van der Waals surface area (Å²) in [6, 6.07) is 15.9. The van der Waals surface area contributed by atoms with Crippen LogP contribution in [-0.4, -0.2) is 44.7 Å². The number of nitrogens with zero attached hydrogens (tertiary/aromatic N) is 1. The van der Waals surface area contributed by atoms with Crippen LogP contribution in [0.25, 0.3) is 0 Å². The monoisotopic (exact) mass is 535 g/mol. The zero-order valence-corrected chi connectivity index (χ0v) is 22.3. The lowest BCUT2D eigenvalue weighted by molar-refractivity contribution is -0.0606. The predicted molar refractivity (Wildman–Crippen MR) is 148 cm³/mol. The van der Waals surface area contributed by atoms with Gasteiger partial charge in [-0.1, -0.05) is 30.3 Å². The summed E-state index contributed by atoms with van der Waals surface area (Å²) in [4.78, 5) is 32.6. The zero-order chi connectivity index (χ0) is 26.9. The molecule has 7 atom stereocenters. The van der Waals surface area contributed by atoms with Crippen LogP contribution in [0.15, 0.2) is 53.3 Å². The first-order valence-electron chi connectivity index (χ1n) is 14.8. The van der Waals surface area contributed by atoms with E-state index in [1.165, 1.54) is 24.0 Å². The van der Waals surface area contributed by atoms with E-state index in [9.17, 15) is 19.8 Å². The fourth-order valence-corrected chi connectivity index (χ4v) is 9.46. The number of hydrogen-bond acceptors (Lipinski definition) is 5. The number of phenolic OH excluding ortho intramolecular Hbond substituents is 1. The summed E-state index contributed by atoms with van der Waals surface area (Å²) in [5, 5.41) is 24.1. The molecule has 2 aromatic carbocycles. The second-order valence-electron chi connectivity index (χ2n) is 13.3. The van der Waals surface area contributed by atoms with Gasteiger partial charge in [-0.25, -0.2) is 0 Å². The largest absolute Gasteiger partial charge is 0.508 e. The van der Waals surface area contributed by atoms with Gasteiger partial charge in [-0.05, 0) is 95.9 Å². The molecular formula is C33H33N3O4. The highest BCUT2D eigenvalue weighted by molar-refractivity contribution is 5.94. The first-order valence-corrected chi connectivity index (χ1v) is 14.8. The first-order chi connectivity index (χ1) is 19.4. The highest BCUT2D eigenvalue weighted by Crippen LogP contribution is 2.70. The fourth-order valence-electron chi connectivity index (χ4n) is 9.46. The summed E-state index contributed by atoms with van der Waals surface area (Å²) in [5.74, 6) is 1.66. The number of nitrogens with one attached hydrogen (secondary N) is 2. The Labute approximate surface area is 232 Å². The van der Waals surface area contributed by atoms with Gasteiger partial charge in [0.15, 0.2) is 0 Å². The van der Waals surface area contributed by atoms with Gasteiger partial charge < -0.3 is 20.5 Å². The summed E-state index contributed by atoms with van der Waals surface area (Å²) >= 11 is 0. The van der Waals surface area contributed by atoms with Crippen molar-refractivity contribution in [1.82, 2.24) is 15.2 Å². The molecule has 1 saturated heterocycles. The van der Waals surface area contributed by atoms with Gasteiger partial charge in [0.05, 0.1) is 12.1 Å². The van der Waals surface area contributed by atoms with Crippen molar-refractivity contribution < 1.29 is 15.0 Å². The van der Waals surface area contributed by atoms with E-state index in [-0.39, 0.29) is 16.5 Å². The van der Waals surface area contributed by atoms with E-state index in [4.69, 9.17) is 0 Å². The number of fused-ring (bicyclic) bond motifs is 2. The molecule has 204 valence electrons. The van der Waals surface area contributed by atoms with Gasteiger partial charge in [-0.2, -0.15) is 0 Å². The SMILES string of the molecule is O=C(N[C@H]1c2ccccc2C[C@H]1O)c1cc2c([nH]c1=O)C[C@]13CC4C(c5ccc(O)cc51)N(CC1CC1)[C@H]4[C@@H]3C2. The van der Waals surface area contributed by atoms with E-state index in [0.29, 0.717) is 36.1 Å². The minimum absolute atomic E-state index is 0.102. The van der Waals surface area contributed by atoms with Gasteiger partial charge in [0.25, 0.3) is 11.5 Å². The lowest BCUT2D eigenvalue weighted by Gasteiger charge is -2.55. The van der Waals surface area contributed by atoms with E-state index >= 15 is 0 Å². The predicted octanol–water partition coefficient (Wildman–Crippen LogP) is 3.29. The minimum atomic E-state index is -0.712. The molecule has 4 N–H and O–H groups in total. The molecule has 10 rings (SSSR count). The molecule has 7 nitrogen and oxygen atoms in total. The number of aliphatic hydroxyl groups excluding tert-OH is 1. The van der Waals surface area contributed by atoms with Crippen molar-refractivity contribution in [1.29, 1.82) is 0 Å². The highest BCUT2D eigenvalue weighted by Gasteiger charge is 2.69. The number of pyridine rings is 1. The van der Waals surface area contributed by atoms with Gasteiger partial charge in [-0.3, -0.25) is 14.5 Å². The molecule has 2 saturated carbocycles. The van der Waals surface area contributed by atoms with Crippen molar-refractivity contribution in [3.63, 3.8) is 0 Å². The lowest BCUT2D eigenvalue weighted by atomic mass is 9.61. The molecule has 2 aliphatic heterocycles. The molecule has 3 fully saturated rings. The Morgan fingerprint density at radius 3 is 2.77 bits per heavy atom. The van der Waals surface area contributed by atoms with Gasteiger partial charge >= 0.3 is 0 Å². The molecule has 3 aromatic rings. The Kier molecular flexibility index (Phi) is 4.58. The molecular weight excluding hydrogens is 502 g/mol. The number of aromatic hydroxyl groups is 1. The minimum Gasteiger partial charge on any atom is -0.508 e. The van der Waals surface area contributed by atoms with Crippen molar-refractivity contribution in [3.8, 4) is 5.75 Å². The number of carbonyl (C=O) groups is 1. The third kappa shape index (κ3) is 3.02. The molecule has 40 heavy (non-hydrogen) atoms. The van der Waals surface area contributed by atoms with Crippen LogP contribution < -0.4 is 10.9 Å². The molecule has 3 heterocycles. The molecule has 7 heteroatoms. The van der Waals surface area contributed by atoms with Crippen LogP contribution in [0.3, 0.4) is 0 Å². The van der Waals surface area contributed by atoms with Crippen molar-refractivity contribution >= 4 is 5.91 Å². The van der Waals surface area contributed by atoms with Crippen molar-refractivity contribution in [2.24, 2.45) is 17.8 Å². The number of carbonyl (C=O) groups excluding carboxylic acids is 1. The van der Waals surface area contributed by atoms with Crippen LogP contribution in [0.4, 0.5) is 0 Å². The Balaban J connectivity index is 1.08. The number of aromatic nitrogens is 1. The second kappa shape index (κ2) is 7.86. The molecule has 7 aliphatic rings. The highest BCUT2D eigenvalue weighted by atomic mass is 16.3. The van der Waals surface area contributed by atoms with Gasteiger partial charge in [0, 0.05) is 36.2 Å². The summed E-state index contributed by atoms with van der Waals surface area (Å²) in [6.07, 6.45) is 5.05. The number of rotatable bonds is 4. The Bertz CT molecular complexity index is 1660. The maximum Gasteiger partial charge on any atom is 0.261 e. The van der Waals surface area contributed by atoms with E-state index < -0.39 is 18.1 Å². The fraction of sp³-hybridized carbons (Fsp3) is 0.455. The van der Waals surface area contributed by atoms with Crippen LogP contribution in [0.2, 0.25) is 0 Å². The van der Waals surface area contributed by atoms with Crippen LogP contribution in [0, 0.1) is 17.8 Å². The molecule has 4 bridgehead atoms. The van der Waals surface area contributed by atoms with E-state index in [1.54, 1.807) is 0 Å². The van der Waals surface area contributed by atoms with E-state index in [1.807, 2.05) is 42.5 Å². The van der Waals surface area contributed by atoms with Gasteiger partial charge in [-0.15, -0.1) is 0 Å². The van der Waals surface area contributed by atoms with E-state index in [0.717, 1.165) is 54.1 Å². The molecule has 1 amide bonds. The average molecular weight is 536 g/mol. The van der Waals surface area contributed by atoms with Crippen LogP contribution in [-0.2, 0) is 24.7 Å². The maximum atomic E-state index is 13.4. The standard InChI is InChI=1S/C33H33N3O4/c37-19-7-8-21-24(12-19)33-13-23-29(21)36(15-16-5-6-16)30(23)25(33)10-18-9-22(31(39)34-26(18)14-33)32(40)35-28-20-4-2-1-3-17(20)11-27(28)38/h1-4,7-9,12,16,23,25,27-30,37-38H,5-6,10-11,13-15H2,(H,34,39)(H,35,40)/t23?,25-,27+,28-,29?,30+,33+/m0/s1. The van der Waals surface area contributed by atoms with Gasteiger partial charge in [0.2, 0.25) is 0 Å². The summed E-state index contributed by atoms with van der Waals surface area (Å²) in [5.41, 5.74) is 6.18. The summed E-state index contributed by atoms with van der Waals surface area (Å²) < 4.78 is 0. The lowest BCUT2D eigenvalue weighted by Crippen LogP contribution is -2.58. The number of aliphatic hydroxyl groups is 1. The third-order valence-corrected chi connectivity index (χ3v) is 11.2. The Morgan fingerprint density at radius 1 is 1.07 bits per heavy atom. The quantitative estimate of drug-likeness (QED) is 0.410. The summed E-state index contributed by atoms with van der Waals surface area (Å²) in [6.45, 7) is 1.15. The number of benzene rings is 2. The number of hydrogen-bond donors (Lipinski definition) is 4. The van der Waals surface area contributed by atoms with E-state index in [2.05, 4.69) is 21.3 Å². The number of phenols is 1. The molecule has 2 unspecified atom stereocenters. The molecule has 0 radical (unpaired) electrons. The third-order valence-electron chi connectivity index (χ3n) is 11.2. The molecule has 5 aliphatic carbocycles. The van der Waals surface area contributed by atoms with Crippen molar-refractivity contribution in [2.45, 2.75) is 68.2 Å². The van der Waals surface area contributed by atoms with Crippen LogP contribution in [0.1, 0.15) is 75.2 Å². The molecule has 1 aromatic heterocycles. The van der Waals surface area contributed by atoms with Gasteiger partial charge in [0.1, 0.15) is 11.3 Å². The molecule has 0 spiro atoms. The first kappa shape index (κ1) is 23.3. The topological polar surface area (TPSA) is 106 Å². The Hall–Kier alpha value is -3.42. The normalized spacial score (nSPS) is 34.3. The Morgan fingerprint density at radius 2 is 1.93 bits per heavy atom. The maximum absolute atomic E-state index is 13.4. The van der Waals surface area contributed by atoms with Crippen LogP contribution >= 0.6 is 0 Å². The van der Waals surface area contributed by atoms with Crippen molar-refractivity contribution in [2.75, 3.05) is 6.54 Å². The number of amides is 1. The average Bonchev–Trinajstić information content (AvgIpc) is 3.67. The smallest absolute Gasteiger partial charge is 0.261 e. The van der Waals surface area contributed by atoms with Crippen LogP contribution in [0.5, 0.6) is 5.75 Å². The number of aromatic amines is 1. The van der Waals surface area contributed by atoms with Crippen molar-refractivity contribution in [3.05, 3.63) is 98.0 Å². The number of H-pyrrole nitrogens is 1.